The van der Waals surface area contributed by atoms with E-state index >= 15 is 0 Å². The summed E-state index contributed by atoms with van der Waals surface area (Å²) >= 11 is 0. The summed E-state index contributed by atoms with van der Waals surface area (Å²) in [6.45, 7) is 6.20. The molecule has 3 heterocycles. The summed E-state index contributed by atoms with van der Waals surface area (Å²) in [7, 11) is 0. The molecule has 3 rings (SSSR count). The molecule has 0 saturated carbocycles. The molecule has 1 amide bonds. The molecule has 0 spiro atoms. The van der Waals surface area contributed by atoms with E-state index in [1.54, 1.807) is 6.20 Å². The number of aromatic nitrogens is 1. The first kappa shape index (κ1) is 15.2. The van der Waals surface area contributed by atoms with E-state index in [-0.39, 0.29) is 18.1 Å². The molecule has 1 N–H and O–H groups in total. The molecule has 0 unspecified atom stereocenters. The van der Waals surface area contributed by atoms with Crippen molar-refractivity contribution in [3.63, 3.8) is 0 Å². The highest BCUT2D eigenvalue weighted by Gasteiger charge is 2.41. The molecular weight excluding hydrogens is 278 g/mol. The zero-order valence-corrected chi connectivity index (χ0v) is 12.8. The summed E-state index contributed by atoms with van der Waals surface area (Å²) in [5, 5.41) is 2.93. The minimum Gasteiger partial charge on any atom is -0.363 e. The fraction of sp³-hybridized carbons (Fsp3) is 0.529. The van der Waals surface area contributed by atoms with E-state index in [0.29, 0.717) is 12.6 Å². The van der Waals surface area contributed by atoms with Gasteiger partial charge in [-0.25, -0.2) is 0 Å². The van der Waals surface area contributed by atoms with E-state index < -0.39 is 0 Å². The molecular formula is C17H23N3O2. The number of likely N-dealkylation sites (tertiary alicyclic amines) is 1. The van der Waals surface area contributed by atoms with Crippen LogP contribution in [0.5, 0.6) is 0 Å². The number of nitrogens with zero attached hydrogens (tertiary/aromatic N) is 2. The smallest absolute Gasteiger partial charge is 0.249 e. The molecule has 1 aromatic rings. The molecule has 2 aliphatic rings. The topological polar surface area (TPSA) is 54.5 Å². The van der Waals surface area contributed by atoms with E-state index in [4.69, 9.17) is 4.74 Å². The predicted molar refractivity (Wildman–Crippen MR) is 84.2 cm³/mol. The number of ether oxygens (including phenoxy) is 1. The van der Waals surface area contributed by atoms with E-state index in [0.717, 1.165) is 38.0 Å². The van der Waals surface area contributed by atoms with Crippen LogP contribution in [0.1, 0.15) is 25.0 Å². The van der Waals surface area contributed by atoms with Crippen LogP contribution in [0.25, 0.3) is 0 Å². The van der Waals surface area contributed by atoms with Crippen LogP contribution in [0.2, 0.25) is 0 Å². The molecule has 0 bridgehead atoms. The van der Waals surface area contributed by atoms with Gasteiger partial charge < -0.3 is 10.1 Å². The van der Waals surface area contributed by atoms with Crippen LogP contribution in [0.15, 0.2) is 37.1 Å². The van der Waals surface area contributed by atoms with Crippen molar-refractivity contribution in [3.05, 3.63) is 42.7 Å². The maximum Gasteiger partial charge on any atom is 0.249 e. The van der Waals surface area contributed by atoms with Crippen LogP contribution in [0.4, 0.5) is 0 Å². The van der Waals surface area contributed by atoms with E-state index in [1.807, 2.05) is 24.3 Å². The summed E-state index contributed by atoms with van der Waals surface area (Å²) in [6, 6.07) is 6.13. The summed E-state index contributed by atoms with van der Waals surface area (Å²) < 4.78 is 6.03. The van der Waals surface area contributed by atoms with Crippen molar-refractivity contribution < 1.29 is 9.53 Å². The lowest BCUT2D eigenvalue weighted by Gasteiger charge is -2.35. The van der Waals surface area contributed by atoms with Crippen molar-refractivity contribution in [1.82, 2.24) is 15.2 Å². The molecule has 1 aromatic heterocycles. The molecule has 5 nitrogen and oxygen atoms in total. The third-order valence-electron chi connectivity index (χ3n) is 4.49. The van der Waals surface area contributed by atoms with Gasteiger partial charge in [-0.05, 0) is 31.4 Å². The third kappa shape index (κ3) is 3.36. The first-order valence-corrected chi connectivity index (χ1v) is 7.96. The van der Waals surface area contributed by atoms with Crippen molar-refractivity contribution in [2.45, 2.75) is 44.1 Å². The number of amides is 1. The van der Waals surface area contributed by atoms with Crippen LogP contribution >= 0.6 is 0 Å². The molecule has 0 aromatic carbocycles. The maximum atomic E-state index is 12.3. The summed E-state index contributed by atoms with van der Waals surface area (Å²) in [4.78, 5) is 18.9. The first-order chi connectivity index (χ1) is 10.8. The highest BCUT2D eigenvalue weighted by atomic mass is 16.5. The monoisotopic (exact) mass is 301 g/mol. The van der Waals surface area contributed by atoms with Gasteiger partial charge in [0, 0.05) is 25.3 Å². The van der Waals surface area contributed by atoms with Crippen LogP contribution in [-0.2, 0) is 16.1 Å². The quantitative estimate of drug-likeness (QED) is 0.838. The fourth-order valence-corrected chi connectivity index (χ4v) is 3.39. The van der Waals surface area contributed by atoms with Crippen molar-refractivity contribution in [2.24, 2.45) is 0 Å². The Balaban J connectivity index is 1.50. The van der Waals surface area contributed by atoms with E-state index in [1.165, 1.54) is 0 Å². The Kier molecular flexibility index (Phi) is 4.85. The number of hydrogen-bond acceptors (Lipinski definition) is 4. The van der Waals surface area contributed by atoms with Gasteiger partial charge in [-0.3, -0.25) is 14.7 Å². The highest BCUT2D eigenvalue weighted by Crippen LogP contribution is 2.31. The number of pyridine rings is 1. The van der Waals surface area contributed by atoms with Gasteiger partial charge in [-0.15, -0.1) is 6.58 Å². The number of rotatable bonds is 5. The second-order valence-corrected chi connectivity index (χ2v) is 5.92. The molecule has 2 saturated heterocycles. The van der Waals surface area contributed by atoms with Crippen molar-refractivity contribution in [1.29, 1.82) is 0 Å². The van der Waals surface area contributed by atoms with Gasteiger partial charge in [0.15, 0.2) is 0 Å². The summed E-state index contributed by atoms with van der Waals surface area (Å²) in [5.41, 5.74) is 0.863. The molecule has 5 heteroatoms. The average molecular weight is 301 g/mol. The van der Waals surface area contributed by atoms with Gasteiger partial charge in [0.2, 0.25) is 5.91 Å². The van der Waals surface area contributed by atoms with E-state index in [2.05, 4.69) is 21.8 Å². The van der Waals surface area contributed by atoms with Crippen molar-refractivity contribution in [3.8, 4) is 0 Å². The van der Waals surface area contributed by atoms with Crippen molar-refractivity contribution in [2.75, 3.05) is 13.1 Å². The lowest BCUT2D eigenvalue weighted by molar-refractivity contribution is -0.143. The lowest BCUT2D eigenvalue weighted by atomic mass is 9.98. The number of nitrogens with one attached hydrogen (secondary N) is 1. The van der Waals surface area contributed by atoms with Gasteiger partial charge in [-0.2, -0.15) is 0 Å². The molecule has 3 atom stereocenters. The fourth-order valence-electron chi connectivity index (χ4n) is 3.39. The Hall–Kier alpha value is -1.72. The minimum absolute atomic E-state index is 0.0220. The first-order valence-electron chi connectivity index (χ1n) is 7.96. The zero-order chi connectivity index (χ0) is 15.4. The predicted octanol–water partition coefficient (Wildman–Crippen LogP) is 1.51. The Morgan fingerprint density at radius 1 is 1.45 bits per heavy atom. The molecule has 118 valence electrons. The molecule has 0 radical (unpaired) electrons. The van der Waals surface area contributed by atoms with Crippen LogP contribution in [0.3, 0.4) is 0 Å². The maximum absolute atomic E-state index is 12.3. The Morgan fingerprint density at radius 3 is 3.14 bits per heavy atom. The number of fused-ring (bicyclic) bond motifs is 1. The Bertz CT molecular complexity index is 520. The highest BCUT2D eigenvalue weighted by molar-refractivity contribution is 5.80. The zero-order valence-electron chi connectivity index (χ0n) is 12.8. The molecule has 22 heavy (non-hydrogen) atoms. The molecule has 2 aliphatic heterocycles. The standard InChI is InChI=1S/C17H23N3O2/c1-2-10-20-11-8-15-14(20)6-7-16(22-15)17(21)19-12-13-5-3-4-9-18-13/h2-5,9,14-16H,1,6-8,10-12H2,(H,19,21)/t14-,15-,16+/m1/s1. The Morgan fingerprint density at radius 2 is 2.36 bits per heavy atom. The Labute approximate surface area is 131 Å². The number of hydrogen-bond donors (Lipinski definition) is 1. The molecule has 2 fully saturated rings. The van der Waals surface area contributed by atoms with Gasteiger partial charge in [-0.1, -0.05) is 12.1 Å². The number of carbonyl (C=O) groups excluding carboxylic acids is 1. The van der Waals surface area contributed by atoms with Gasteiger partial charge in [0.05, 0.1) is 18.3 Å². The summed E-state index contributed by atoms with van der Waals surface area (Å²) in [5.74, 6) is -0.0220. The van der Waals surface area contributed by atoms with Crippen LogP contribution < -0.4 is 5.32 Å². The minimum atomic E-state index is -0.325. The summed E-state index contributed by atoms with van der Waals surface area (Å²) in [6.07, 6.45) is 6.32. The average Bonchev–Trinajstić information content (AvgIpc) is 2.96. The normalized spacial score (nSPS) is 28.1. The molecule has 0 aliphatic carbocycles. The van der Waals surface area contributed by atoms with E-state index in [9.17, 15) is 4.79 Å². The SMILES string of the molecule is C=CCN1CC[C@H]2O[C@H](C(=O)NCc3ccccn3)CC[C@H]21. The van der Waals surface area contributed by atoms with Gasteiger partial charge in [0.1, 0.15) is 6.10 Å². The second-order valence-electron chi connectivity index (χ2n) is 5.92. The van der Waals surface area contributed by atoms with Gasteiger partial charge >= 0.3 is 0 Å². The van der Waals surface area contributed by atoms with Gasteiger partial charge in [0.25, 0.3) is 0 Å². The van der Waals surface area contributed by atoms with Crippen molar-refractivity contribution >= 4 is 5.91 Å². The van der Waals surface area contributed by atoms with Crippen LogP contribution in [0, 0.1) is 0 Å². The lowest BCUT2D eigenvalue weighted by Crippen LogP contribution is -2.47. The van der Waals surface area contributed by atoms with Crippen LogP contribution in [-0.4, -0.2) is 47.1 Å². The second kappa shape index (κ2) is 7.03. The third-order valence-corrected chi connectivity index (χ3v) is 4.49. The number of carbonyl (C=O) groups is 1. The largest absolute Gasteiger partial charge is 0.363 e.